The highest BCUT2D eigenvalue weighted by Gasteiger charge is 2.05. The minimum Gasteiger partial charge on any atom is -0.508 e. The Bertz CT molecular complexity index is 309. The number of carbonyl (C=O) groups is 1. The predicted octanol–water partition coefficient (Wildman–Crippen LogP) is 1.99. The molecule has 0 bridgehead atoms. The predicted molar refractivity (Wildman–Crippen MR) is 62.8 cm³/mol. The molecule has 0 spiro atoms. The smallest absolute Gasteiger partial charge is 0.176 e. The number of phenols is 1. The van der Waals surface area contributed by atoms with E-state index in [0.29, 0.717) is 18.2 Å². The van der Waals surface area contributed by atoms with Crippen LogP contribution in [0.25, 0.3) is 0 Å². The Morgan fingerprint density at radius 2 is 1.87 bits per heavy atom. The summed E-state index contributed by atoms with van der Waals surface area (Å²) >= 11 is 0. The van der Waals surface area contributed by atoms with E-state index in [4.69, 9.17) is 5.11 Å². The second-order valence-electron chi connectivity index (χ2n) is 3.51. The maximum Gasteiger partial charge on any atom is 0.176 e. The SMILES string of the molecule is CC(C)NCC(=O)c1ccc(O)cc1.Cl. The highest BCUT2D eigenvalue weighted by Crippen LogP contribution is 2.09. The Balaban J connectivity index is 0.00000196. The zero-order valence-electron chi connectivity index (χ0n) is 8.86. The van der Waals surface area contributed by atoms with Gasteiger partial charge in [-0.15, -0.1) is 12.4 Å². The van der Waals surface area contributed by atoms with Crippen LogP contribution in [-0.2, 0) is 0 Å². The molecule has 0 aromatic heterocycles. The van der Waals surface area contributed by atoms with Gasteiger partial charge in [-0.05, 0) is 24.3 Å². The van der Waals surface area contributed by atoms with Gasteiger partial charge < -0.3 is 10.4 Å². The van der Waals surface area contributed by atoms with Gasteiger partial charge in [0.05, 0.1) is 6.54 Å². The van der Waals surface area contributed by atoms with E-state index in [1.165, 1.54) is 12.1 Å². The lowest BCUT2D eigenvalue weighted by Gasteiger charge is -2.06. The first kappa shape index (κ1) is 13.9. The van der Waals surface area contributed by atoms with Crippen molar-refractivity contribution in [2.24, 2.45) is 0 Å². The van der Waals surface area contributed by atoms with Crippen molar-refractivity contribution in [1.82, 2.24) is 5.32 Å². The number of Topliss-reactive ketones (excluding diaryl/α,β-unsaturated/α-hetero) is 1. The average molecular weight is 230 g/mol. The molecule has 0 amide bonds. The highest BCUT2D eigenvalue weighted by atomic mass is 35.5. The standard InChI is InChI=1S/C11H15NO2.ClH/c1-8(2)12-7-11(14)9-3-5-10(13)6-4-9;/h3-6,8,12-13H,7H2,1-2H3;1H. The molecule has 0 aliphatic carbocycles. The Hall–Kier alpha value is -1.06. The van der Waals surface area contributed by atoms with E-state index in [1.54, 1.807) is 12.1 Å². The number of halogens is 1. The molecule has 0 aliphatic heterocycles. The van der Waals surface area contributed by atoms with Crippen molar-refractivity contribution in [3.63, 3.8) is 0 Å². The molecule has 1 rings (SSSR count). The van der Waals surface area contributed by atoms with Crippen molar-refractivity contribution >= 4 is 18.2 Å². The second kappa shape index (κ2) is 6.43. The number of nitrogens with one attached hydrogen (secondary N) is 1. The van der Waals surface area contributed by atoms with Gasteiger partial charge in [-0.1, -0.05) is 13.8 Å². The van der Waals surface area contributed by atoms with Crippen molar-refractivity contribution in [3.8, 4) is 5.75 Å². The average Bonchev–Trinajstić information content (AvgIpc) is 2.15. The van der Waals surface area contributed by atoms with E-state index in [2.05, 4.69) is 5.32 Å². The summed E-state index contributed by atoms with van der Waals surface area (Å²) in [6.07, 6.45) is 0. The van der Waals surface area contributed by atoms with Crippen LogP contribution in [0.2, 0.25) is 0 Å². The van der Waals surface area contributed by atoms with Gasteiger partial charge in [-0.3, -0.25) is 4.79 Å². The number of ketones is 1. The molecule has 1 aromatic carbocycles. The molecule has 2 N–H and O–H groups in total. The molecule has 15 heavy (non-hydrogen) atoms. The molecule has 0 unspecified atom stereocenters. The number of rotatable bonds is 4. The lowest BCUT2D eigenvalue weighted by atomic mass is 10.1. The van der Waals surface area contributed by atoms with E-state index in [1.807, 2.05) is 13.8 Å². The normalized spacial score (nSPS) is 9.80. The molecule has 3 nitrogen and oxygen atoms in total. The van der Waals surface area contributed by atoms with E-state index in [0.717, 1.165) is 0 Å². The Kier molecular flexibility index (Phi) is 5.97. The van der Waals surface area contributed by atoms with Crippen molar-refractivity contribution in [1.29, 1.82) is 0 Å². The number of phenolic OH excluding ortho intramolecular Hbond substituents is 1. The van der Waals surface area contributed by atoms with Crippen molar-refractivity contribution < 1.29 is 9.90 Å². The topological polar surface area (TPSA) is 49.3 Å². The maximum absolute atomic E-state index is 11.5. The Morgan fingerprint density at radius 3 is 2.33 bits per heavy atom. The van der Waals surface area contributed by atoms with Crippen LogP contribution in [0.1, 0.15) is 24.2 Å². The first-order valence-electron chi connectivity index (χ1n) is 4.65. The van der Waals surface area contributed by atoms with Crippen LogP contribution in [0, 0.1) is 0 Å². The third-order valence-corrected chi connectivity index (χ3v) is 1.86. The molecule has 0 heterocycles. The molecule has 0 saturated heterocycles. The zero-order valence-corrected chi connectivity index (χ0v) is 9.67. The van der Waals surface area contributed by atoms with Crippen molar-refractivity contribution in [2.45, 2.75) is 19.9 Å². The fourth-order valence-corrected chi connectivity index (χ4v) is 1.05. The summed E-state index contributed by atoms with van der Waals surface area (Å²) in [5.41, 5.74) is 0.621. The van der Waals surface area contributed by atoms with Gasteiger partial charge in [-0.25, -0.2) is 0 Å². The molecule has 4 heteroatoms. The molecular formula is C11H16ClNO2. The molecular weight excluding hydrogens is 214 g/mol. The number of hydrogen-bond acceptors (Lipinski definition) is 3. The van der Waals surface area contributed by atoms with Gasteiger partial charge in [0.1, 0.15) is 5.75 Å². The van der Waals surface area contributed by atoms with Crippen LogP contribution in [0.4, 0.5) is 0 Å². The number of hydrogen-bond donors (Lipinski definition) is 2. The van der Waals surface area contributed by atoms with Crippen LogP contribution < -0.4 is 5.32 Å². The largest absolute Gasteiger partial charge is 0.508 e. The first-order valence-corrected chi connectivity index (χ1v) is 4.65. The van der Waals surface area contributed by atoms with Crippen molar-refractivity contribution in [3.05, 3.63) is 29.8 Å². The molecule has 0 radical (unpaired) electrons. The minimum absolute atomic E-state index is 0. The summed E-state index contributed by atoms with van der Waals surface area (Å²) in [6.45, 7) is 4.32. The molecule has 0 fully saturated rings. The minimum atomic E-state index is 0. The fourth-order valence-electron chi connectivity index (χ4n) is 1.05. The summed E-state index contributed by atoms with van der Waals surface area (Å²) < 4.78 is 0. The van der Waals surface area contributed by atoms with Crippen LogP contribution in [0.15, 0.2) is 24.3 Å². The van der Waals surface area contributed by atoms with Gasteiger partial charge >= 0.3 is 0 Å². The summed E-state index contributed by atoms with van der Waals surface area (Å²) in [4.78, 5) is 11.5. The van der Waals surface area contributed by atoms with E-state index >= 15 is 0 Å². The van der Waals surface area contributed by atoms with Crippen LogP contribution in [0.5, 0.6) is 5.75 Å². The van der Waals surface area contributed by atoms with Gasteiger partial charge in [0.15, 0.2) is 5.78 Å². The summed E-state index contributed by atoms with van der Waals surface area (Å²) in [7, 11) is 0. The fraction of sp³-hybridized carbons (Fsp3) is 0.364. The second-order valence-corrected chi connectivity index (χ2v) is 3.51. The Labute approximate surface area is 95.9 Å². The van der Waals surface area contributed by atoms with Crippen molar-refractivity contribution in [2.75, 3.05) is 6.54 Å². The van der Waals surface area contributed by atoms with E-state index < -0.39 is 0 Å². The van der Waals surface area contributed by atoms with E-state index in [9.17, 15) is 4.79 Å². The molecule has 0 aliphatic rings. The van der Waals surface area contributed by atoms with Gasteiger partial charge in [0.25, 0.3) is 0 Å². The lowest BCUT2D eigenvalue weighted by molar-refractivity contribution is 0.0988. The third-order valence-electron chi connectivity index (χ3n) is 1.86. The molecule has 0 atom stereocenters. The highest BCUT2D eigenvalue weighted by molar-refractivity contribution is 5.97. The van der Waals surface area contributed by atoms with Crippen LogP contribution in [-0.4, -0.2) is 23.5 Å². The summed E-state index contributed by atoms with van der Waals surface area (Å²) in [5, 5.41) is 12.1. The van der Waals surface area contributed by atoms with Crippen LogP contribution in [0.3, 0.4) is 0 Å². The van der Waals surface area contributed by atoms with Gasteiger partial charge in [-0.2, -0.15) is 0 Å². The maximum atomic E-state index is 11.5. The zero-order chi connectivity index (χ0) is 10.6. The molecule has 1 aromatic rings. The summed E-state index contributed by atoms with van der Waals surface area (Å²) in [6, 6.07) is 6.58. The third kappa shape index (κ3) is 4.81. The number of aromatic hydroxyl groups is 1. The number of benzene rings is 1. The lowest BCUT2D eigenvalue weighted by Crippen LogP contribution is -2.29. The quantitative estimate of drug-likeness (QED) is 0.777. The summed E-state index contributed by atoms with van der Waals surface area (Å²) in [5.74, 6) is 0.220. The number of carbonyl (C=O) groups excluding carboxylic acids is 1. The van der Waals surface area contributed by atoms with E-state index in [-0.39, 0.29) is 23.9 Å². The first-order chi connectivity index (χ1) is 6.59. The van der Waals surface area contributed by atoms with Gasteiger partial charge in [0, 0.05) is 11.6 Å². The van der Waals surface area contributed by atoms with Crippen LogP contribution >= 0.6 is 12.4 Å². The molecule has 84 valence electrons. The van der Waals surface area contributed by atoms with Gasteiger partial charge in [0.2, 0.25) is 0 Å². The Morgan fingerprint density at radius 1 is 1.33 bits per heavy atom. The monoisotopic (exact) mass is 229 g/mol. The molecule has 0 saturated carbocycles.